The zero-order chi connectivity index (χ0) is 24.6. The number of para-hydroxylation sites is 1. The summed E-state index contributed by atoms with van der Waals surface area (Å²) in [4.78, 5) is 9.01. The molecule has 0 unspecified atom stereocenters. The molecule has 2 heterocycles. The topological polar surface area (TPSA) is 139 Å². The second kappa shape index (κ2) is 8.73. The molecule has 176 valence electrons. The second-order valence-electron chi connectivity index (χ2n) is 8.10. The standard InChI is InChI=1S/C25H23N7O2S/c1-32-21-12-11-19(31-35(33,34)22-6-2-4-17-5-3-13-28-23(17)22)14-20(21)30-25(32)29-15-16-7-9-18(10-8-16)24(26)27/h2-14,31H,15H2,1H3,(H3,26,27)(H,29,30). The highest BCUT2D eigenvalue weighted by atomic mass is 32.2. The monoisotopic (exact) mass is 485 g/mol. The van der Waals surface area contributed by atoms with Gasteiger partial charge in [0.05, 0.1) is 22.2 Å². The molecule has 35 heavy (non-hydrogen) atoms. The molecule has 10 heteroatoms. The molecule has 0 radical (unpaired) electrons. The van der Waals surface area contributed by atoms with Gasteiger partial charge in [0, 0.05) is 30.7 Å². The molecular weight excluding hydrogens is 462 g/mol. The Morgan fingerprint density at radius 3 is 2.60 bits per heavy atom. The Bertz CT molecular complexity index is 1670. The van der Waals surface area contributed by atoms with Crippen LogP contribution in [0.3, 0.4) is 0 Å². The first-order valence-corrected chi connectivity index (χ1v) is 12.3. The molecule has 0 aliphatic heterocycles. The highest BCUT2D eigenvalue weighted by Gasteiger charge is 2.19. The number of hydrogen-bond donors (Lipinski definition) is 4. The smallest absolute Gasteiger partial charge is 0.264 e. The van der Waals surface area contributed by atoms with Gasteiger partial charge in [-0.25, -0.2) is 13.4 Å². The van der Waals surface area contributed by atoms with Crippen molar-refractivity contribution in [3.8, 4) is 0 Å². The van der Waals surface area contributed by atoms with Crippen molar-refractivity contribution in [1.82, 2.24) is 14.5 Å². The van der Waals surface area contributed by atoms with Crippen molar-refractivity contribution in [2.24, 2.45) is 12.8 Å². The molecule has 0 spiro atoms. The number of benzene rings is 3. The van der Waals surface area contributed by atoms with Crippen molar-refractivity contribution in [1.29, 1.82) is 5.41 Å². The van der Waals surface area contributed by atoms with Crippen LogP contribution in [0.5, 0.6) is 0 Å². The van der Waals surface area contributed by atoms with Crippen LogP contribution < -0.4 is 15.8 Å². The molecule has 0 amide bonds. The lowest BCUT2D eigenvalue weighted by Gasteiger charge is -2.10. The third-order valence-corrected chi connectivity index (χ3v) is 7.15. The fourth-order valence-electron chi connectivity index (χ4n) is 3.91. The van der Waals surface area contributed by atoms with Crippen molar-refractivity contribution in [2.45, 2.75) is 11.4 Å². The largest absolute Gasteiger partial charge is 0.384 e. The molecule has 2 aromatic heterocycles. The van der Waals surface area contributed by atoms with Gasteiger partial charge in [-0.15, -0.1) is 0 Å². The summed E-state index contributed by atoms with van der Waals surface area (Å²) in [7, 11) is -1.96. The van der Waals surface area contributed by atoms with E-state index in [0.29, 0.717) is 34.8 Å². The number of aromatic nitrogens is 3. The lowest BCUT2D eigenvalue weighted by Crippen LogP contribution is -2.13. The van der Waals surface area contributed by atoms with Crippen LogP contribution in [0.25, 0.3) is 21.9 Å². The molecule has 0 fully saturated rings. The summed E-state index contributed by atoms with van der Waals surface area (Å²) in [5.41, 5.74) is 9.53. The van der Waals surface area contributed by atoms with Gasteiger partial charge >= 0.3 is 0 Å². The quantitative estimate of drug-likeness (QED) is 0.204. The number of aryl methyl sites for hydroxylation is 1. The van der Waals surface area contributed by atoms with Crippen molar-refractivity contribution in [3.05, 3.63) is 90.1 Å². The Labute approximate surface area is 202 Å². The van der Waals surface area contributed by atoms with E-state index in [9.17, 15) is 8.42 Å². The number of nitrogens with zero attached hydrogens (tertiary/aromatic N) is 3. The number of anilines is 2. The van der Waals surface area contributed by atoms with Crippen LogP contribution >= 0.6 is 0 Å². The average Bonchev–Trinajstić information content (AvgIpc) is 3.17. The van der Waals surface area contributed by atoms with E-state index in [4.69, 9.17) is 11.1 Å². The maximum absolute atomic E-state index is 13.1. The van der Waals surface area contributed by atoms with Gasteiger partial charge in [0.15, 0.2) is 0 Å². The third-order valence-electron chi connectivity index (χ3n) is 5.73. The van der Waals surface area contributed by atoms with E-state index in [0.717, 1.165) is 16.5 Å². The molecule has 5 rings (SSSR count). The van der Waals surface area contributed by atoms with Gasteiger partial charge in [-0.05, 0) is 35.9 Å². The molecule has 0 saturated heterocycles. The maximum atomic E-state index is 13.1. The number of pyridine rings is 1. The predicted molar refractivity (Wildman–Crippen MR) is 138 cm³/mol. The van der Waals surface area contributed by atoms with Gasteiger partial charge in [0.1, 0.15) is 10.7 Å². The molecule has 5 aromatic rings. The Morgan fingerprint density at radius 2 is 1.83 bits per heavy atom. The summed E-state index contributed by atoms with van der Waals surface area (Å²) in [6, 6.07) is 21.3. The molecule has 0 aliphatic rings. The Balaban J connectivity index is 1.38. The van der Waals surface area contributed by atoms with E-state index in [-0.39, 0.29) is 10.7 Å². The third kappa shape index (κ3) is 4.38. The SMILES string of the molecule is Cn1c(NCc2ccc(C(=N)N)cc2)nc2cc(NS(=O)(=O)c3cccc4cccnc34)ccc21. The zero-order valence-electron chi connectivity index (χ0n) is 18.9. The van der Waals surface area contributed by atoms with Gasteiger partial charge in [-0.2, -0.15) is 0 Å². The normalized spacial score (nSPS) is 11.6. The van der Waals surface area contributed by atoms with Crippen molar-refractivity contribution < 1.29 is 8.42 Å². The first kappa shape index (κ1) is 22.4. The number of nitrogens with one attached hydrogen (secondary N) is 3. The number of nitrogen functional groups attached to an aromatic ring is 1. The van der Waals surface area contributed by atoms with Gasteiger partial charge in [0.25, 0.3) is 10.0 Å². The van der Waals surface area contributed by atoms with E-state index in [1.165, 1.54) is 0 Å². The first-order valence-electron chi connectivity index (χ1n) is 10.8. The van der Waals surface area contributed by atoms with Gasteiger partial charge in [-0.3, -0.25) is 15.1 Å². The zero-order valence-corrected chi connectivity index (χ0v) is 19.7. The van der Waals surface area contributed by atoms with E-state index in [2.05, 4.69) is 20.0 Å². The molecule has 0 aliphatic carbocycles. The maximum Gasteiger partial charge on any atom is 0.264 e. The number of hydrogen-bond acceptors (Lipinski definition) is 6. The van der Waals surface area contributed by atoms with Gasteiger partial charge in [0.2, 0.25) is 5.95 Å². The van der Waals surface area contributed by atoms with Gasteiger partial charge in [-0.1, -0.05) is 42.5 Å². The highest BCUT2D eigenvalue weighted by Crippen LogP contribution is 2.26. The van der Waals surface area contributed by atoms with Crippen LogP contribution in [-0.2, 0) is 23.6 Å². The van der Waals surface area contributed by atoms with Crippen LogP contribution in [0.1, 0.15) is 11.1 Å². The summed E-state index contributed by atoms with van der Waals surface area (Å²) < 4.78 is 30.8. The molecule has 5 N–H and O–H groups in total. The molecular formula is C25H23N7O2S. The Hall–Kier alpha value is -4.44. The first-order chi connectivity index (χ1) is 16.8. The van der Waals surface area contributed by atoms with Crippen LogP contribution in [0.2, 0.25) is 0 Å². The Kier molecular flexibility index (Phi) is 5.58. The van der Waals surface area contributed by atoms with Gasteiger partial charge < -0.3 is 15.6 Å². The number of amidine groups is 1. The minimum absolute atomic E-state index is 0.0306. The van der Waals surface area contributed by atoms with Crippen LogP contribution in [-0.4, -0.2) is 28.8 Å². The van der Waals surface area contributed by atoms with E-state index in [1.54, 1.807) is 48.7 Å². The summed E-state index contributed by atoms with van der Waals surface area (Å²) >= 11 is 0. The van der Waals surface area contributed by atoms with E-state index in [1.807, 2.05) is 41.9 Å². The number of nitrogens with two attached hydrogens (primary N) is 1. The summed E-state index contributed by atoms with van der Waals surface area (Å²) in [6.45, 7) is 0.531. The van der Waals surface area contributed by atoms with E-state index < -0.39 is 10.0 Å². The molecule has 0 atom stereocenters. The van der Waals surface area contributed by atoms with Crippen molar-refractivity contribution in [3.63, 3.8) is 0 Å². The second-order valence-corrected chi connectivity index (χ2v) is 9.75. The number of imidazole rings is 1. The molecule has 0 saturated carbocycles. The van der Waals surface area contributed by atoms with Crippen molar-refractivity contribution >= 4 is 49.4 Å². The van der Waals surface area contributed by atoms with Crippen LogP contribution in [0.15, 0.2) is 83.9 Å². The highest BCUT2D eigenvalue weighted by molar-refractivity contribution is 7.93. The van der Waals surface area contributed by atoms with Crippen molar-refractivity contribution in [2.75, 3.05) is 10.0 Å². The molecule has 9 nitrogen and oxygen atoms in total. The lowest BCUT2D eigenvalue weighted by atomic mass is 10.1. The Morgan fingerprint density at radius 1 is 1.06 bits per heavy atom. The van der Waals surface area contributed by atoms with Crippen LogP contribution in [0.4, 0.5) is 11.6 Å². The number of sulfonamides is 1. The molecule has 3 aromatic carbocycles. The fourth-order valence-corrected chi connectivity index (χ4v) is 5.14. The average molecular weight is 486 g/mol. The predicted octanol–water partition coefficient (Wildman–Crippen LogP) is 3.82. The minimum Gasteiger partial charge on any atom is -0.384 e. The fraction of sp³-hybridized carbons (Fsp3) is 0.0800. The minimum atomic E-state index is -3.85. The summed E-state index contributed by atoms with van der Waals surface area (Å²) in [5.74, 6) is 0.678. The summed E-state index contributed by atoms with van der Waals surface area (Å²) in [6.07, 6.45) is 1.58. The number of rotatable bonds is 7. The number of fused-ring (bicyclic) bond motifs is 2. The van der Waals surface area contributed by atoms with E-state index >= 15 is 0 Å². The summed E-state index contributed by atoms with van der Waals surface area (Å²) in [5, 5.41) is 11.5. The lowest BCUT2D eigenvalue weighted by molar-refractivity contribution is 0.602. The van der Waals surface area contributed by atoms with Crippen LogP contribution in [0, 0.1) is 5.41 Å². The molecule has 0 bridgehead atoms.